The summed E-state index contributed by atoms with van der Waals surface area (Å²) in [5, 5.41) is 15.1. The first-order chi connectivity index (χ1) is 14.6. The van der Waals surface area contributed by atoms with Crippen molar-refractivity contribution in [2.45, 2.75) is 42.7 Å². The third kappa shape index (κ3) is 3.53. The van der Waals surface area contributed by atoms with Gasteiger partial charge in [0.05, 0.1) is 24.5 Å². The van der Waals surface area contributed by atoms with E-state index in [1.54, 1.807) is 28.4 Å². The van der Waals surface area contributed by atoms with Gasteiger partial charge < -0.3 is 9.66 Å². The monoisotopic (exact) mass is 423 g/mol. The number of aromatic nitrogens is 3. The lowest BCUT2D eigenvalue weighted by atomic mass is 9.93. The molecule has 0 bridgehead atoms. The molecule has 0 radical (unpaired) electrons. The normalized spacial score (nSPS) is 20.5. The summed E-state index contributed by atoms with van der Waals surface area (Å²) in [7, 11) is 0. The summed E-state index contributed by atoms with van der Waals surface area (Å²) in [6.07, 6.45) is 8.77. The predicted octanol–water partition coefficient (Wildman–Crippen LogP) is 4.69. The summed E-state index contributed by atoms with van der Waals surface area (Å²) in [5.41, 5.74) is 2.36. The fourth-order valence-electron chi connectivity index (χ4n) is 4.19. The van der Waals surface area contributed by atoms with Crippen molar-refractivity contribution in [3.05, 3.63) is 72.9 Å². The second-order valence-corrected chi connectivity index (χ2v) is 9.13. The molecule has 30 heavy (non-hydrogen) atoms. The summed E-state index contributed by atoms with van der Waals surface area (Å²) < 4.78 is 30.8. The SMILES string of the molecule is [O-][S+](c1ccccc1)n1cc(-c2cnn(C3CCC(O)CC3)c2)c2ccc(F)cc21. The average molecular weight is 424 g/mol. The zero-order valence-electron chi connectivity index (χ0n) is 16.3. The van der Waals surface area contributed by atoms with Crippen LogP contribution in [0.1, 0.15) is 31.7 Å². The van der Waals surface area contributed by atoms with Crippen molar-refractivity contribution < 1.29 is 14.0 Å². The van der Waals surface area contributed by atoms with Crippen LogP contribution in [0.5, 0.6) is 0 Å². The van der Waals surface area contributed by atoms with Crippen molar-refractivity contribution in [1.82, 2.24) is 13.8 Å². The summed E-state index contributed by atoms with van der Waals surface area (Å²) in [6, 6.07) is 14.0. The van der Waals surface area contributed by atoms with Crippen molar-refractivity contribution in [2.75, 3.05) is 0 Å². The summed E-state index contributed by atoms with van der Waals surface area (Å²) >= 11 is -1.49. The Labute approximate surface area is 177 Å². The molecule has 154 valence electrons. The number of aliphatic hydroxyl groups is 1. The quantitative estimate of drug-likeness (QED) is 0.484. The highest BCUT2D eigenvalue weighted by molar-refractivity contribution is 7.90. The van der Waals surface area contributed by atoms with Crippen LogP contribution in [0.2, 0.25) is 0 Å². The highest BCUT2D eigenvalue weighted by Crippen LogP contribution is 2.35. The Bertz CT molecular complexity index is 1170. The minimum atomic E-state index is -1.49. The molecule has 2 aromatic heterocycles. The van der Waals surface area contributed by atoms with Gasteiger partial charge in [0.15, 0.2) is 4.90 Å². The summed E-state index contributed by atoms with van der Waals surface area (Å²) in [6.45, 7) is 0. The molecule has 0 spiro atoms. The predicted molar refractivity (Wildman–Crippen MR) is 115 cm³/mol. The smallest absolute Gasteiger partial charge is 0.180 e. The molecule has 2 heterocycles. The van der Waals surface area contributed by atoms with Crippen LogP contribution in [-0.2, 0) is 11.4 Å². The van der Waals surface area contributed by atoms with Gasteiger partial charge in [-0.3, -0.25) is 4.68 Å². The molecule has 0 aliphatic heterocycles. The minimum Gasteiger partial charge on any atom is -0.587 e. The Balaban J connectivity index is 1.56. The number of fused-ring (bicyclic) bond motifs is 1. The van der Waals surface area contributed by atoms with E-state index < -0.39 is 11.4 Å². The third-order valence-corrected chi connectivity index (χ3v) is 7.14. The number of hydrogen-bond acceptors (Lipinski definition) is 3. The first-order valence-electron chi connectivity index (χ1n) is 10.1. The molecule has 1 fully saturated rings. The number of hydrogen-bond donors (Lipinski definition) is 1. The van der Waals surface area contributed by atoms with Gasteiger partial charge in [-0.05, 0) is 49.9 Å². The van der Waals surface area contributed by atoms with E-state index in [-0.39, 0.29) is 18.0 Å². The highest BCUT2D eigenvalue weighted by atomic mass is 32.2. The second kappa shape index (κ2) is 7.91. The molecule has 5 rings (SSSR count). The Morgan fingerprint density at radius 2 is 1.80 bits per heavy atom. The molecule has 0 amide bonds. The van der Waals surface area contributed by atoms with E-state index in [0.29, 0.717) is 10.4 Å². The van der Waals surface area contributed by atoms with Crippen LogP contribution in [0, 0.1) is 5.82 Å². The van der Waals surface area contributed by atoms with Crippen LogP contribution in [0.4, 0.5) is 4.39 Å². The molecular weight excluding hydrogens is 401 g/mol. The van der Waals surface area contributed by atoms with E-state index in [2.05, 4.69) is 5.10 Å². The topological polar surface area (TPSA) is 66.0 Å². The van der Waals surface area contributed by atoms with E-state index in [1.807, 2.05) is 35.3 Å². The maximum Gasteiger partial charge on any atom is 0.180 e. The van der Waals surface area contributed by atoms with E-state index in [9.17, 15) is 14.0 Å². The van der Waals surface area contributed by atoms with Crippen LogP contribution in [-0.4, -0.2) is 29.5 Å². The zero-order chi connectivity index (χ0) is 20.7. The summed E-state index contributed by atoms with van der Waals surface area (Å²) in [4.78, 5) is 0.654. The number of rotatable bonds is 4. The summed E-state index contributed by atoms with van der Waals surface area (Å²) in [5.74, 6) is -0.366. The molecule has 1 aliphatic rings. The Hall–Kier alpha value is -2.61. The molecular formula is C23H22FN3O2S. The molecule has 1 atom stereocenters. The van der Waals surface area contributed by atoms with E-state index >= 15 is 0 Å². The van der Waals surface area contributed by atoms with Crippen molar-refractivity contribution >= 4 is 22.3 Å². The van der Waals surface area contributed by atoms with E-state index in [4.69, 9.17) is 0 Å². The van der Waals surface area contributed by atoms with Gasteiger partial charge in [0.2, 0.25) is 0 Å². The third-order valence-electron chi connectivity index (χ3n) is 5.81. The molecule has 7 heteroatoms. The maximum absolute atomic E-state index is 14.0. The first-order valence-corrected chi connectivity index (χ1v) is 11.2. The van der Waals surface area contributed by atoms with Gasteiger partial charge in [-0.2, -0.15) is 9.07 Å². The maximum atomic E-state index is 14.0. The molecule has 1 saturated carbocycles. The van der Waals surface area contributed by atoms with Crippen LogP contribution < -0.4 is 0 Å². The molecule has 0 saturated heterocycles. The van der Waals surface area contributed by atoms with Gasteiger partial charge in [-0.15, -0.1) is 0 Å². The van der Waals surface area contributed by atoms with Gasteiger partial charge in [0, 0.05) is 28.8 Å². The second-order valence-electron chi connectivity index (χ2n) is 7.76. The first kappa shape index (κ1) is 19.4. The highest BCUT2D eigenvalue weighted by Gasteiger charge is 2.24. The van der Waals surface area contributed by atoms with Crippen LogP contribution in [0.3, 0.4) is 0 Å². The molecule has 2 aromatic carbocycles. The fourth-order valence-corrected chi connectivity index (χ4v) is 5.34. The molecule has 1 unspecified atom stereocenters. The molecule has 4 aromatic rings. The van der Waals surface area contributed by atoms with Crippen LogP contribution >= 0.6 is 0 Å². The van der Waals surface area contributed by atoms with Gasteiger partial charge >= 0.3 is 0 Å². The van der Waals surface area contributed by atoms with Gasteiger partial charge in [0.25, 0.3) is 0 Å². The lowest BCUT2D eigenvalue weighted by Crippen LogP contribution is -2.21. The van der Waals surface area contributed by atoms with E-state index in [1.165, 1.54) is 12.1 Å². The number of aliphatic hydroxyl groups excluding tert-OH is 1. The standard InChI is InChI=1S/C23H22FN3O2S/c24-17-6-11-21-22(16-13-25-26(14-16)18-7-9-19(28)10-8-18)15-27(23(21)12-17)30(29)20-4-2-1-3-5-20/h1-6,11-15,18-19,28H,7-10H2. The van der Waals surface area contributed by atoms with Crippen LogP contribution in [0.25, 0.3) is 22.0 Å². The van der Waals surface area contributed by atoms with Crippen LogP contribution in [0.15, 0.2) is 72.0 Å². The lowest BCUT2D eigenvalue weighted by molar-refractivity contribution is 0.108. The average Bonchev–Trinajstić information content (AvgIpc) is 3.39. The van der Waals surface area contributed by atoms with Crippen molar-refractivity contribution in [3.8, 4) is 11.1 Å². The Morgan fingerprint density at radius 1 is 1.03 bits per heavy atom. The van der Waals surface area contributed by atoms with Crippen molar-refractivity contribution in [3.63, 3.8) is 0 Å². The van der Waals surface area contributed by atoms with Crippen molar-refractivity contribution in [2.24, 2.45) is 0 Å². The van der Waals surface area contributed by atoms with Gasteiger partial charge in [-0.1, -0.05) is 18.2 Å². The zero-order valence-corrected chi connectivity index (χ0v) is 17.1. The van der Waals surface area contributed by atoms with E-state index in [0.717, 1.165) is 42.2 Å². The Kier molecular flexibility index (Phi) is 5.10. The van der Waals surface area contributed by atoms with Crippen molar-refractivity contribution in [1.29, 1.82) is 0 Å². The fraction of sp³-hybridized carbons (Fsp3) is 0.261. The number of benzene rings is 2. The minimum absolute atomic E-state index is 0.211. The Morgan fingerprint density at radius 3 is 2.57 bits per heavy atom. The van der Waals surface area contributed by atoms with Gasteiger partial charge in [-0.25, -0.2) is 4.39 Å². The lowest BCUT2D eigenvalue weighted by Gasteiger charge is -2.25. The van der Waals surface area contributed by atoms with Gasteiger partial charge in [0.1, 0.15) is 22.7 Å². The number of nitrogens with zero attached hydrogens (tertiary/aromatic N) is 3. The molecule has 1 aliphatic carbocycles. The number of halogens is 1. The molecule has 1 N–H and O–H groups in total. The molecule has 5 nitrogen and oxygen atoms in total. The largest absolute Gasteiger partial charge is 0.587 e.